The Morgan fingerprint density at radius 2 is 1.61 bits per heavy atom. The number of hydrogen-bond acceptors (Lipinski definition) is 3. The number of hydrogen-bond donors (Lipinski definition) is 0. The van der Waals surface area contributed by atoms with E-state index in [9.17, 15) is 18.4 Å². The first kappa shape index (κ1) is 19.8. The lowest BCUT2D eigenvalue weighted by molar-refractivity contribution is -0.123. The molecule has 156 valence electrons. The van der Waals surface area contributed by atoms with E-state index in [4.69, 9.17) is 0 Å². The van der Waals surface area contributed by atoms with Gasteiger partial charge in [-0.15, -0.1) is 11.8 Å². The molecule has 2 amide bonds. The number of carbonyl (C=O) groups is 2. The molecule has 1 fully saturated rings. The lowest BCUT2D eigenvalue weighted by Crippen LogP contribution is -2.50. The van der Waals surface area contributed by atoms with E-state index < -0.39 is 22.4 Å². The van der Waals surface area contributed by atoms with Crippen LogP contribution in [-0.4, -0.2) is 29.0 Å². The van der Waals surface area contributed by atoms with Crippen molar-refractivity contribution in [3.8, 4) is 0 Å². The van der Waals surface area contributed by atoms with Gasteiger partial charge in [-0.25, -0.2) is 8.78 Å². The second kappa shape index (κ2) is 7.50. The number of anilines is 1. The van der Waals surface area contributed by atoms with Crippen molar-refractivity contribution in [2.45, 2.75) is 11.4 Å². The van der Waals surface area contributed by atoms with Crippen molar-refractivity contribution in [2.75, 3.05) is 17.2 Å². The molecule has 5 rings (SSSR count). The molecule has 1 saturated heterocycles. The van der Waals surface area contributed by atoms with Gasteiger partial charge in [0.05, 0.1) is 17.8 Å². The molecule has 31 heavy (non-hydrogen) atoms. The summed E-state index contributed by atoms with van der Waals surface area (Å²) in [6.07, 6.45) is 0. The number of halogens is 2. The minimum atomic E-state index is -1.29. The average molecular weight is 436 g/mol. The van der Waals surface area contributed by atoms with Crippen LogP contribution in [0.3, 0.4) is 0 Å². The van der Waals surface area contributed by atoms with E-state index >= 15 is 0 Å². The zero-order chi connectivity index (χ0) is 21.6. The standard InChI is InChI=1S/C24H18F2N2O2S/c25-19-10-4-1-7-16(19)15-27-21-12-6-3-9-18(21)24(23(27)30)28(13-14-31-24)22(29)17-8-2-5-11-20(17)26/h1-12H,13-15H2/t24-/m1/s1. The Morgan fingerprint density at radius 1 is 0.935 bits per heavy atom. The van der Waals surface area contributed by atoms with Crippen molar-refractivity contribution in [1.82, 2.24) is 4.90 Å². The van der Waals surface area contributed by atoms with Gasteiger partial charge < -0.3 is 9.80 Å². The molecule has 1 atom stereocenters. The Labute approximate surface area is 182 Å². The van der Waals surface area contributed by atoms with Crippen molar-refractivity contribution in [3.63, 3.8) is 0 Å². The van der Waals surface area contributed by atoms with Crippen LogP contribution in [0.4, 0.5) is 14.5 Å². The first-order chi connectivity index (χ1) is 15.0. The maximum atomic E-state index is 14.4. The topological polar surface area (TPSA) is 40.6 Å². The summed E-state index contributed by atoms with van der Waals surface area (Å²) in [5.74, 6) is -1.33. The van der Waals surface area contributed by atoms with Gasteiger partial charge in [0.25, 0.3) is 11.8 Å². The van der Waals surface area contributed by atoms with Crippen LogP contribution >= 0.6 is 11.8 Å². The lowest BCUT2D eigenvalue weighted by atomic mass is 10.0. The number of carbonyl (C=O) groups excluding carboxylic acids is 2. The van der Waals surface area contributed by atoms with E-state index in [2.05, 4.69) is 0 Å². The summed E-state index contributed by atoms with van der Waals surface area (Å²) in [4.78, 5) is 28.9. The normalized spacial score (nSPS) is 19.9. The molecule has 0 bridgehead atoms. The summed E-state index contributed by atoms with van der Waals surface area (Å²) in [6.45, 7) is 0.359. The monoisotopic (exact) mass is 436 g/mol. The van der Waals surface area contributed by atoms with Crippen molar-refractivity contribution in [2.24, 2.45) is 0 Å². The van der Waals surface area contributed by atoms with E-state index in [0.717, 1.165) is 0 Å². The van der Waals surface area contributed by atoms with Gasteiger partial charge in [-0.05, 0) is 24.3 Å². The maximum absolute atomic E-state index is 14.4. The SMILES string of the molecule is O=C(c1ccccc1F)N1CCS[C@]12C(=O)N(Cc1ccccc1F)c1ccccc12. The maximum Gasteiger partial charge on any atom is 0.268 e. The molecule has 0 radical (unpaired) electrons. The third kappa shape index (κ3) is 2.95. The largest absolute Gasteiger partial charge is 0.311 e. The second-order valence-electron chi connectivity index (χ2n) is 7.43. The van der Waals surface area contributed by atoms with E-state index in [1.807, 2.05) is 18.2 Å². The summed E-state index contributed by atoms with van der Waals surface area (Å²) < 4.78 is 28.7. The fraction of sp³-hybridized carbons (Fsp3) is 0.167. The summed E-state index contributed by atoms with van der Waals surface area (Å²) >= 11 is 1.36. The molecule has 2 heterocycles. The third-order valence-electron chi connectivity index (χ3n) is 5.74. The predicted octanol–water partition coefficient (Wildman–Crippen LogP) is 4.55. The van der Waals surface area contributed by atoms with Gasteiger partial charge in [0.15, 0.2) is 4.87 Å². The third-order valence-corrected chi connectivity index (χ3v) is 7.16. The molecule has 2 aliphatic heterocycles. The minimum absolute atomic E-state index is 0.0482. The van der Waals surface area contributed by atoms with Gasteiger partial charge in [-0.3, -0.25) is 9.59 Å². The highest BCUT2D eigenvalue weighted by molar-refractivity contribution is 8.01. The van der Waals surface area contributed by atoms with Gasteiger partial charge in [0, 0.05) is 23.4 Å². The second-order valence-corrected chi connectivity index (χ2v) is 8.72. The van der Waals surface area contributed by atoms with Crippen LogP contribution in [0.25, 0.3) is 0 Å². The molecule has 0 unspecified atom stereocenters. The smallest absolute Gasteiger partial charge is 0.268 e. The fourth-order valence-corrected chi connectivity index (χ4v) is 5.76. The molecule has 0 aliphatic carbocycles. The number of amides is 2. The van der Waals surface area contributed by atoms with Crippen molar-refractivity contribution < 1.29 is 18.4 Å². The molecule has 4 nitrogen and oxygen atoms in total. The zero-order valence-corrected chi connectivity index (χ0v) is 17.2. The highest BCUT2D eigenvalue weighted by Gasteiger charge is 2.59. The highest BCUT2D eigenvalue weighted by atomic mass is 32.2. The first-order valence-corrected chi connectivity index (χ1v) is 10.9. The molecule has 1 spiro atoms. The molecule has 3 aromatic carbocycles. The van der Waals surface area contributed by atoms with Gasteiger partial charge in [-0.2, -0.15) is 0 Å². The molecule has 0 N–H and O–H groups in total. The van der Waals surface area contributed by atoms with Gasteiger partial charge >= 0.3 is 0 Å². The van der Waals surface area contributed by atoms with Crippen molar-refractivity contribution in [1.29, 1.82) is 0 Å². The number of nitrogens with zero attached hydrogens (tertiary/aromatic N) is 2. The van der Waals surface area contributed by atoms with Crippen LogP contribution in [0.5, 0.6) is 0 Å². The average Bonchev–Trinajstić information content (AvgIpc) is 3.32. The molecule has 0 saturated carbocycles. The quantitative estimate of drug-likeness (QED) is 0.605. The zero-order valence-electron chi connectivity index (χ0n) is 16.4. The Hall–Kier alpha value is -3.19. The molecule has 2 aliphatic rings. The Balaban J connectivity index is 1.60. The van der Waals surface area contributed by atoms with Crippen LogP contribution in [0.1, 0.15) is 21.5 Å². The van der Waals surface area contributed by atoms with E-state index in [1.54, 1.807) is 30.3 Å². The van der Waals surface area contributed by atoms with Crippen molar-refractivity contribution in [3.05, 3.63) is 101 Å². The van der Waals surface area contributed by atoms with Crippen LogP contribution < -0.4 is 4.90 Å². The van der Waals surface area contributed by atoms with Gasteiger partial charge in [-0.1, -0.05) is 48.5 Å². The molecular weight excluding hydrogens is 418 g/mol. The van der Waals surface area contributed by atoms with Crippen LogP contribution in [0.15, 0.2) is 72.8 Å². The highest BCUT2D eigenvalue weighted by Crippen LogP contribution is 2.54. The van der Waals surface area contributed by atoms with E-state index in [1.165, 1.54) is 45.8 Å². The van der Waals surface area contributed by atoms with Crippen molar-refractivity contribution >= 4 is 29.3 Å². The molecular formula is C24H18F2N2O2S. The molecule has 7 heteroatoms. The Bertz CT molecular complexity index is 1200. The lowest BCUT2D eigenvalue weighted by Gasteiger charge is -2.33. The van der Waals surface area contributed by atoms with E-state index in [-0.39, 0.29) is 18.0 Å². The number of para-hydroxylation sites is 1. The van der Waals surface area contributed by atoms with Crippen LogP contribution in [0, 0.1) is 11.6 Å². The first-order valence-electron chi connectivity index (χ1n) is 9.89. The number of fused-ring (bicyclic) bond motifs is 2. The number of benzene rings is 3. The number of thioether (sulfide) groups is 1. The summed E-state index contributed by atoms with van der Waals surface area (Å²) in [6, 6.07) is 19.3. The number of rotatable bonds is 3. The summed E-state index contributed by atoms with van der Waals surface area (Å²) in [7, 11) is 0. The van der Waals surface area contributed by atoms with Gasteiger partial charge in [0.2, 0.25) is 0 Å². The van der Waals surface area contributed by atoms with Crippen LogP contribution in [0.2, 0.25) is 0 Å². The summed E-state index contributed by atoms with van der Waals surface area (Å²) in [5, 5.41) is 0. The predicted molar refractivity (Wildman–Crippen MR) is 116 cm³/mol. The molecule has 3 aromatic rings. The Kier molecular flexibility index (Phi) is 4.78. The fourth-order valence-electron chi connectivity index (χ4n) is 4.30. The minimum Gasteiger partial charge on any atom is -0.311 e. The summed E-state index contributed by atoms with van der Waals surface area (Å²) in [5.41, 5.74) is 1.62. The van der Waals surface area contributed by atoms with Gasteiger partial charge in [0.1, 0.15) is 11.6 Å². The van der Waals surface area contributed by atoms with E-state index in [0.29, 0.717) is 29.1 Å². The van der Waals surface area contributed by atoms with Crippen LogP contribution in [-0.2, 0) is 16.2 Å². The Morgan fingerprint density at radius 3 is 2.39 bits per heavy atom. The molecule has 0 aromatic heterocycles.